The van der Waals surface area contributed by atoms with Gasteiger partial charge in [0.1, 0.15) is 17.2 Å². The van der Waals surface area contributed by atoms with Crippen molar-refractivity contribution >= 4 is 40.1 Å². The van der Waals surface area contributed by atoms with Crippen LogP contribution in [0.5, 0.6) is 5.88 Å². The number of nitrogens with zero attached hydrogens (tertiary/aromatic N) is 3. The Bertz CT molecular complexity index is 1110. The number of halogens is 1. The molecule has 2 aromatic heterocycles. The standard InChI is InChI=1S/C24H28IN5O3/c1-3-5-12-33-24-18(14-17(25)15-27-24)28-23(32)21-20(22(26)31)29-19(30(21)11-4-2)13-16-9-7-6-8-10-16/h6-10,14-15H,3-5,11-13H2,1-2H3,(H2,26,31)(H,28,32). The Balaban J connectivity index is 1.98. The lowest BCUT2D eigenvalue weighted by Gasteiger charge is -2.14. The predicted octanol–water partition coefficient (Wildman–Crippen LogP) is 4.41. The Hall–Kier alpha value is -2.95. The summed E-state index contributed by atoms with van der Waals surface area (Å²) in [5.74, 6) is -0.274. The molecule has 0 fully saturated rings. The van der Waals surface area contributed by atoms with E-state index in [0.29, 0.717) is 37.0 Å². The van der Waals surface area contributed by atoms with Crippen LogP contribution < -0.4 is 15.8 Å². The van der Waals surface area contributed by atoms with Gasteiger partial charge in [0.25, 0.3) is 11.8 Å². The Morgan fingerprint density at radius 3 is 2.61 bits per heavy atom. The summed E-state index contributed by atoms with van der Waals surface area (Å²) < 4.78 is 8.39. The number of carbonyl (C=O) groups excluding carboxylic acids is 2. The number of imidazole rings is 1. The van der Waals surface area contributed by atoms with Crippen molar-refractivity contribution in [2.45, 2.75) is 46.1 Å². The van der Waals surface area contributed by atoms with Crippen LogP contribution in [0.2, 0.25) is 0 Å². The molecule has 9 heteroatoms. The monoisotopic (exact) mass is 561 g/mol. The lowest BCUT2D eigenvalue weighted by molar-refractivity contribution is 0.0969. The summed E-state index contributed by atoms with van der Waals surface area (Å²) in [7, 11) is 0. The van der Waals surface area contributed by atoms with Crippen molar-refractivity contribution in [1.82, 2.24) is 14.5 Å². The number of unbranched alkanes of at least 4 members (excludes halogenated alkanes) is 1. The number of benzene rings is 1. The molecule has 8 nitrogen and oxygen atoms in total. The van der Waals surface area contributed by atoms with Gasteiger partial charge in [-0.1, -0.05) is 50.6 Å². The minimum atomic E-state index is -0.746. The van der Waals surface area contributed by atoms with E-state index in [-0.39, 0.29) is 11.4 Å². The fourth-order valence-electron chi connectivity index (χ4n) is 3.41. The van der Waals surface area contributed by atoms with E-state index in [4.69, 9.17) is 10.5 Å². The lowest BCUT2D eigenvalue weighted by Crippen LogP contribution is -2.24. The first-order chi connectivity index (χ1) is 15.9. The number of ether oxygens (including phenoxy) is 1. The summed E-state index contributed by atoms with van der Waals surface area (Å²) in [6.45, 7) is 5.09. The Morgan fingerprint density at radius 2 is 1.94 bits per heavy atom. The second-order valence-electron chi connectivity index (χ2n) is 7.57. The van der Waals surface area contributed by atoms with Gasteiger partial charge in [0.05, 0.1) is 6.61 Å². The van der Waals surface area contributed by atoms with Crippen LogP contribution in [0.15, 0.2) is 42.6 Å². The molecule has 33 heavy (non-hydrogen) atoms. The summed E-state index contributed by atoms with van der Waals surface area (Å²) in [5, 5.41) is 2.87. The highest BCUT2D eigenvalue weighted by molar-refractivity contribution is 14.1. The van der Waals surface area contributed by atoms with Crippen LogP contribution in [0, 0.1) is 3.57 Å². The maximum Gasteiger partial charge on any atom is 0.274 e. The summed E-state index contributed by atoms with van der Waals surface area (Å²) in [5.41, 5.74) is 7.19. The Labute approximate surface area is 207 Å². The van der Waals surface area contributed by atoms with Crippen molar-refractivity contribution in [3.63, 3.8) is 0 Å². The van der Waals surface area contributed by atoms with E-state index >= 15 is 0 Å². The first-order valence-corrected chi connectivity index (χ1v) is 12.0. The molecule has 3 aromatic rings. The number of nitrogens with one attached hydrogen (secondary N) is 1. The first kappa shape index (κ1) is 24.7. The molecule has 0 saturated carbocycles. The van der Waals surface area contributed by atoms with Crippen molar-refractivity contribution in [2.75, 3.05) is 11.9 Å². The number of carbonyl (C=O) groups is 2. The molecule has 0 aliphatic heterocycles. The fourth-order valence-corrected chi connectivity index (χ4v) is 3.86. The normalized spacial score (nSPS) is 10.8. The zero-order valence-corrected chi connectivity index (χ0v) is 21.0. The van der Waals surface area contributed by atoms with Crippen molar-refractivity contribution in [1.29, 1.82) is 0 Å². The van der Waals surface area contributed by atoms with E-state index < -0.39 is 11.8 Å². The molecule has 0 spiro atoms. The van der Waals surface area contributed by atoms with E-state index in [1.165, 1.54) is 0 Å². The lowest BCUT2D eigenvalue weighted by atomic mass is 10.1. The molecule has 1 aromatic carbocycles. The topological polar surface area (TPSA) is 112 Å². The van der Waals surface area contributed by atoms with Crippen molar-refractivity contribution in [3.05, 3.63) is 68.9 Å². The molecule has 2 amide bonds. The number of nitrogens with two attached hydrogens (primary N) is 1. The van der Waals surface area contributed by atoms with Crippen LogP contribution in [-0.2, 0) is 13.0 Å². The molecule has 2 heterocycles. The molecule has 0 aliphatic carbocycles. The highest BCUT2D eigenvalue weighted by Gasteiger charge is 2.27. The van der Waals surface area contributed by atoms with Gasteiger partial charge in [-0.2, -0.15) is 0 Å². The molecule has 0 radical (unpaired) electrons. The molecule has 0 unspecified atom stereocenters. The molecule has 0 saturated heterocycles. The molecular formula is C24H28IN5O3. The van der Waals surface area contributed by atoms with Gasteiger partial charge >= 0.3 is 0 Å². The van der Waals surface area contributed by atoms with Crippen LogP contribution in [0.4, 0.5) is 5.69 Å². The number of rotatable bonds is 11. The molecule has 3 rings (SSSR count). The van der Waals surface area contributed by atoms with Gasteiger partial charge < -0.3 is 20.4 Å². The van der Waals surface area contributed by atoms with Crippen molar-refractivity contribution in [2.24, 2.45) is 5.73 Å². The third-order valence-electron chi connectivity index (χ3n) is 4.95. The van der Waals surface area contributed by atoms with Crippen LogP contribution in [0.25, 0.3) is 0 Å². The van der Waals surface area contributed by atoms with Crippen LogP contribution >= 0.6 is 22.6 Å². The number of hydrogen-bond acceptors (Lipinski definition) is 5. The summed E-state index contributed by atoms with van der Waals surface area (Å²) >= 11 is 2.12. The number of anilines is 1. The summed E-state index contributed by atoms with van der Waals surface area (Å²) in [6.07, 6.45) is 4.76. The Kier molecular flexibility index (Phi) is 8.81. The second-order valence-corrected chi connectivity index (χ2v) is 8.81. The molecule has 174 valence electrons. The number of aromatic nitrogens is 3. The number of primary amides is 1. The van der Waals surface area contributed by atoms with Crippen molar-refractivity contribution in [3.8, 4) is 5.88 Å². The van der Waals surface area contributed by atoms with E-state index in [2.05, 4.69) is 44.8 Å². The third-order valence-corrected chi connectivity index (χ3v) is 5.54. The zero-order chi connectivity index (χ0) is 23.8. The van der Waals surface area contributed by atoms with Gasteiger partial charge in [0.15, 0.2) is 5.69 Å². The van der Waals surface area contributed by atoms with E-state index in [1.807, 2.05) is 37.3 Å². The van der Waals surface area contributed by atoms with Crippen LogP contribution in [0.3, 0.4) is 0 Å². The third kappa shape index (κ3) is 6.31. The van der Waals surface area contributed by atoms with Crippen LogP contribution in [-0.4, -0.2) is 33.0 Å². The van der Waals surface area contributed by atoms with Gasteiger partial charge in [-0.3, -0.25) is 9.59 Å². The van der Waals surface area contributed by atoms with Gasteiger partial charge in [0.2, 0.25) is 5.88 Å². The zero-order valence-electron chi connectivity index (χ0n) is 18.8. The molecule has 3 N–H and O–H groups in total. The first-order valence-electron chi connectivity index (χ1n) is 11.0. The SMILES string of the molecule is CCCCOc1ncc(I)cc1NC(=O)c1c(C(N)=O)nc(Cc2ccccc2)n1CCC. The van der Waals surface area contributed by atoms with Gasteiger partial charge in [-0.05, 0) is 47.1 Å². The van der Waals surface area contributed by atoms with Gasteiger partial charge in [-0.15, -0.1) is 0 Å². The number of pyridine rings is 1. The number of hydrogen-bond donors (Lipinski definition) is 2. The predicted molar refractivity (Wildman–Crippen MR) is 136 cm³/mol. The Morgan fingerprint density at radius 1 is 1.18 bits per heavy atom. The number of amides is 2. The minimum Gasteiger partial charge on any atom is -0.476 e. The van der Waals surface area contributed by atoms with Gasteiger partial charge in [0, 0.05) is 22.7 Å². The van der Waals surface area contributed by atoms with Crippen LogP contribution in [0.1, 0.15) is 65.5 Å². The molecular weight excluding hydrogens is 533 g/mol. The molecule has 0 bridgehead atoms. The summed E-state index contributed by atoms with van der Waals surface area (Å²) in [4.78, 5) is 34.4. The van der Waals surface area contributed by atoms with E-state index in [1.54, 1.807) is 16.8 Å². The fraction of sp³-hybridized carbons (Fsp3) is 0.333. The maximum atomic E-state index is 13.4. The second kappa shape index (κ2) is 11.8. The average molecular weight is 561 g/mol. The van der Waals surface area contributed by atoms with Crippen molar-refractivity contribution < 1.29 is 14.3 Å². The highest BCUT2D eigenvalue weighted by Crippen LogP contribution is 2.26. The quantitative estimate of drug-likeness (QED) is 0.266. The highest BCUT2D eigenvalue weighted by atomic mass is 127. The average Bonchev–Trinajstić information content (AvgIpc) is 3.15. The van der Waals surface area contributed by atoms with E-state index in [9.17, 15) is 9.59 Å². The molecule has 0 atom stereocenters. The van der Waals surface area contributed by atoms with Gasteiger partial charge in [-0.25, -0.2) is 9.97 Å². The minimum absolute atomic E-state index is 0.0427. The maximum absolute atomic E-state index is 13.4. The van der Waals surface area contributed by atoms with E-state index in [0.717, 1.165) is 28.4 Å². The largest absolute Gasteiger partial charge is 0.476 e. The smallest absolute Gasteiger partial charge is 0.274 e. The summed E-state index contributed by atoms with van der Waals surface area (Å²) in [6, 6.07) is 11.6. The molecule has 0 aliphatic rings.